The number of nitro benzene ring substituents is 1. The van der Waals surface area contributed by atoms with Crippen molar-refractivity contribution in [2.45, 2.75) is 6.42 Å². The number of non-ortho nitro benzene ring substituents is 1. The van der Waals surface area contributed by atoms with E-state index >= 15 is 0 Å². The summed E-state index contributed by atoms with van der Waals surface area (Å²) in [5.74, 6) is 0.111. The SMILES string of the molecule is CS(=O)(=O)CCc1ccc(Nc2ccc([N+](=O)[O-])c3cnccc23)cc1. The molecule has 0 bridgehead atoms. The Balaban J connectivity index is 1.85. The predicted octanol–water partition coefficient (Wildman–Crippen LogP) is 3.47. The van der Waals surface area contributed by atoms with Gasteiger partial charge in [0, 0.05) is 41.5 Å². The summed E-state index contributed by atoms with van der Waals surface area (Å²) in [6.45, 7) is 0. The molecule has 0 fully saturated rings. The Morgan fingerprint density at radius 1 is 1.08 bits per heavy atom. The number of sulfone groups is 1. The summed E-state index contributed by atoms with van der Waals surface area (Å²) in [5.41, 5.74) is 2.48. The van der Waals surface area contributed by atoms with E-state index in [4.69, 9.17) is 0 Å². The number of nitro groups is 1. The van der Waals surface area contributed by atoms with E-state index < -0.39 is 14.8 Å². The molecule has 0 saturated heterocycles. The number of benzene rings is 2. The second-order valence-electron chi connectivity index (χ2n) is 6.01. The first kappa shape index (κ1) is 17.8. The maximum Gasteiger partial charge on any atom is 0.278 e. The van der Waals surface area contributed by atoms with E-state index in [2.05, 4.69) is 10.3 Å². The lowest BCUT2D eigenvalue weighted by Gasteiger charge is -2.11. The van der Waals surface area contributed by atoms with Crippen LogP contribution in [0.1, 0.15) is 5.56 Å². The van der Waals surface area contributed by atoms with Crippen molar-refractivity contribution in [3.05, 3.63) is 70.5 Å². The highest BCUT2D eigenvalue weighted by molar-refractivity contribution is 7.90. The minimum Gasteiger partial charge on any atom is -0.355 e. The van der Waals surface area contributed by atoms with Crippen molar-refractivity contribution >= 4 is 37.7 Å². The molecule has 0 aliphatic rings. The van der Waals surface area contributed by atoms with Gasteiger partial charge in [-0.1, -0.05) is 12.1 Å². The Morgan fingerprint density at radius 3 is 2.46 bits per heavy atom. The molecular weight excluding hydrogens is 354 g/mol. The lowest BCUT2D eigenvalue weighted by molar-refractivity contribution is -0.383. The van der Waals surface area contributed by atoms with E-state index in [9.17, 15) is 18.5 Å². The first-order chi connectivity index (χ1) is 12.3. The van der Waals surface area contributed by atoms with E-state index in [1.165, 1.54) is 18.5 Å². The first-order valence-electron chi connectivity index (χ1n) is 7.88. The zero-order valence-electron chi connectivity index (χ0n) is 14.0. The van der Waals surface area contributed by atoms with E-state index in [0.717, 1.165) is 16.9 Å². The van der Waals surface area contributed by atoms with Crippen LogP contribution < -0.4 is 5.32 Å². The number of aromatic nitrogens is 1. The van der Waals surface area contributed by atoms with Gasteiger partial charge in [0.25, 0.3) is 5.69 Å². The Labute approximate surface area is 150 Å². The van der Waals surface area contributed by atoms with Crippen molar-refractivity contribution in [1.29, 1.82) is 0 Å². The molecule has 8 heteroatoms. The second-order valence-corrected chi connectivity index (χ2v) is 8.27. The zero-order valence-corrected chi connectivity index (χ0v) is 14.9. The third kappa shape index (κ3) is 4.15. The van der Waals surface area contributed by atoms with Gasteiger partial charge >= 0.3 is 0 Å². The molecule has 2 aromatic carbocycles. The van der Waals surface area contributed by atoms with Crippen LogP contribution in [0.25, 0.3) is 10.8 Å². The van der Waals surface area contributed by atoms with Crippen molar-refractivity contribution in [3.63, 3.8) is 0 Å². The lowest BCUT2D eigenvalue weighted by atomic mass is 10.1. The van der Waals surface area contributed by atoms with E-state index in [1.54, 1.807) is 18.3 Å². The fourth-order valence-corrected chi connectivity index (χ4v) is 3.26. The van der Waals surface area contributed by atoms with Gasteiger partial charge in [0.05, 0.1) is 16.1 Å². The highest BCUT2D eigenvalue weighted by Gasteiger charge is 2.14. The number of anilines is 2. The van der Waals surface area contributed by atoms with Crippen LogP contribution in [0.4, 0.5) is 17.1 Å². The molecule has 1 aromatic heterocycles. The molecule has 0 saturated carbocycles. The van der Waals surface area contributed by atoms with Crippen LogP contribution in [0.5, 0.6) is 0 Å². The monoisotopic (exact) mass is 371 g/mol. The number of nitrogens with zero attached hydrogens (tertiary/aromatic N) is 2. The molecule has 3 aromatic rings. The summed E-state index contributed by atoms with van der Waals surface area (Å²) in [6, 6.07) is 12.3. The first-order valence-corrected chi connectivity index (χ1v) is 9.94. The highest BCUT2D eigenvalue weighted by Crippen LogP contribution is 2.32. The minimum atomic E-state index is -2.99. The molecular formula is C18H17N3O4S. The van der Waals surface area contributed by atoms with E-state index in [1.807, 2.05) is 24.3 Å². The number of fused-ring (bicyclic) bond motifs is 1. The molecule has 0 unspecified atom stereocenters. The maximum atomic E-state index is 11.2. The van der Waals surface area contributed by atoms with E-state index in [-0.39, 0.29) is 11.4 Å². The van der Waals surface area contributed by atoms with Crippen LogP contribution in [-0.4, -0.2) is 30.3 Å². The Morgan fingerprint density at radius 2 is 1.81 bits per heavy atom. The molecule has 1 heterocycles. The smallest absolute Gasteiger partial charge is 0.278 e. The number of aryl methyl sites for hydroxylation is 1. The Kier molecular flexibility index (Phi) is 4.85. The molecule has 3 rings (SSSR count). The van der Waals surface area contributed by atoms with Gasteiger partial charge in [0.2, 0.25) is 0 Å². The third-order valence-corrected chi connectivity index (χ3v) is 4.93. The Bertz CT molecular complexity index is 1060. The molecule has 0 aliphatic carbocycles. The zero-order chi connectivity index (χ0) is 18.7. The molecule has 0 radical (unpaired) electrons. The summed E-state index contributed by atoms with van der Waals surface area (Å²) < 4.78 is 22.5. The summed E-state index contributed by atoms with van der Waals surface area (Å²) in [6.07, 6.45) is 4.75. The van der Waals surface area contributed by atoms with Crippen molar-refractivity contribution in [3.8, 4) is 0 Å². The molecule has 26 heavy (non-hydrogen) atoms. The average molecular weight is 371 g/mol. The molecule has 0 amide bonds. The van der Waals surface area contributed by atoms with Gasteiger partial charge in [0.15, 0.2) is 0 Å². The van der Waals surface area contributed by atoms with Crippen LogP contribution in [-0.2, 0) is 16.3 Å². The summed E-state index contributed by atoms with van der Waals surface area (Å²) in [7, 11) is -2.99. The lowest BCUT2D eigenvalue weighted by Crippen LogP contribution is -2.05. The van der Waals surface area contributed by atoms with Crippen molar-refractivity contribution in [1.82, 2.24) is 4.98 Å². The molecule has 1 N–H and O–H groups in total. The van der Waals surface area contributed by atoms with E-state index in [0.29, 0.717) is 17.2 Å². The predicted molar refractivity (Wildman–Crippen MR) is 102 cm³/mol. The van der Waals surface area contributed by atoms with Crippen LogP contribution in [0, 0.1) is 10.1 Å². The van der Waals surface area contributed by atoms with Gasteiger partial charge in [-0.3, -0.25) is 15.1 Å². The van der Waals surface area contributed by atoms with Gasteiger partial charge in [0.1, 0.15) is 9.84 Å². The van der Waals surface area contributed by atoms with Crippen molar-refractivity contribution < 1.29 is 13.3 Å². The largest absolute Gasteiger partial charge is 0.355 e. The maximum absolute atomic E-state index is 11.2. The summed E-state index contributed by atoms with van der Waals surface area (Å²) in [4.78, 5) is 14.7. The summed E-state index contributed by atoms with van der Waals surface area (Å²) in [5, 5.41) is 15.6. The minimum absolute atomic E-state index is 0.00905. The number of hydrogen-bond donors (Lipinski definition) is 1. The molecule has 0 atom stereocenters. The molecule has 134 valence electrons. The average Bonchev–Trinajstić information content (AvgIpc) is 2.60. The third-order valence-electron chi connectivity index (χ3n) is 3.99. The second kappa shape index (κ2) is 7.09. The number of pyridine rings is 1. The highest BCUT2D eigenvalue weighted by atomic mass is 32.2. The number of hydrogen-bond acceptors (Lipinski definition) is 6. The Hall–Kier alpha value is -3.00. The van der Waals surface area contributed by atoms with Crippen LogP contribution in [0.15, 0.2) is 54.9 Å². The van der Waals surface area contributed by atoms with Crippen LogP contribution in [0.3, 0.4) is 0 Å². The molecule has 0 aliphatic heterocycles. The fraction of sp³-hybridized carbons (Fsp3) is 0.167. The summed E-state index contributed by atoms with van der Waals surface area (Å²) >= 11 is 0. The van der Waals surface area contributed by atoms with Crippen molar-refractivity contribution in [2.24, 2.45) is 0 Å². The molecule has 7 nitrogen and oxygen atoms in total. The van der Waals surface area contributed by atoms with Gasteiger partial charge in [-0.2, -0.15) is 0 Å². The van der Waals surface area contributed by atoms with Crippen molar-refractivity contribution in [2.75, 3.05) is 17.3 Å². The van der Waals surface area contributed by atoms with Gasteiger partial charge in [-0.15, -0.1) is 0 Å². The fourth-order valence-electron chi connectivity index (χ4n) is 2.66. The standard InChI is InChI=1S/C18H17N3O4S/c1-26(24,25)11-9-13-2-4-14(5-3-13)20-17-6-7-18(21(22)23)16-12-19-10-8-15(16)17/h2-8,10,12,20H,9,11H2,1H3. The molecule has 0 spiro atoms. The van der Waals surface area contributed by atoms with Gasteiger partial charge in [-0.25, -0.2) is 8.42 Å². The van der Waals surface area contributed by atoms with Crippen LogP contribution >= 0.6 is 0 Å². The van der Waals surface area contributed by atoms with Gasteiger partial charge in [-0.05, 0) is 36.2 Å². The number of nitrogens with one attached hydrogen (secondary N) is 1. The van der Waals surface area contributed by atoms with Gasteiger partial charge < -0.3 is 5.32 Å². The van der Waals surface area contributed by atoms with Crippen LogP contribution in [0.2, 0.25) is 0 Å². The topological polar surface area (TPSA) is 102 Å². The quantitative estimate of drug-likeness (QED) is 0.526. The number of rotatable bonds is 6. The normalized spacial score (nSPS) is 11.4.